The summed E-state index contributed by atoms with van der Waals surface area (Å²) in [5.41, 5.74) is 3.28. The van der Waals surface area contributed by atoms with Gasteiger partial charge >= 0.3 is 0 Å². The van der Waals surface area contributed by atoms with E-state index in [0.717, 1.165) is 42.4 Å². The Balaban J connectivity index is 1.59. The third kappa shape index (κ3) is 9.57. The van der Waals surface area contributed by atoms with E-state index in [1.54, 1.807) is 23.1 Å². The molecule has 1 atom stereocenters. The summed E-state index contributed by atoms with van der Waals surface area (Å²) in [5, 5.41) is 3.76. The number of rotatable bonds is 13. The molecule has 1 aliphatic carbocycles. The van der Waals surface area contributed by atoms with Gasteiger partial charge in [0.2, 0.25) is 21.8 Å². The number of nitrogens with zero attached hydrogens (tertiary/aromatic N) is 2. The van der Waals surface area contributed by atoms with E-state index in [9.17, 15) is 18.0 Å². The number of hydrogen-bond acceptors (Lipinski definition) is 4. The predicted molar refractivity (Wildman–Crippen MR) is 174 cm³/mol. The molecule has 0 heterocycles. The van der Waals surface area contributed by atoms with Crippen molar-refractivity contribution in [1.82, 2.24) is 10.2 Å². The minimum absolute atomic E-state index is 0.0737. The second kappa shape index (κ2) is 15.4. The molecule has 0 aromatic heterocycles. The summed E-state index contributed by atoms with van der Waals surface area (Å²) in [6.45, 7) is 2.25. The summed E-state index contributed by atoms with van der Waals surface area (Å²) in [5.74, 6) is -0.398. The fourth-order valence-electron chi connectivity index (χ4n) is 5.62. The molecule has 0 unspecified atom stereocenters. The molecule has 230 valence electrons. The van der Waals surface area contributed by atoms with Crippen molar-refractivity contribution in [1.29, 1.82) is 0 Å². The molecule has 1 aliphatic rings. The lowest BCUT2D eigenvalue weighted by molar-refractivity contribution is -0.141. The fraction of sp³-hybridized carbons (Fsp3) is 0.412. The molecule has 0 spiro atoms. The van der Waals surface area contributed by atoms with Crippen LogP contribution in [0.4, 0.5) is 5.69 Å². The average molecular weight is 624 g/mol. The van der Waals surface area contributed by atoms with Crippen LogP contribution in [0.5, 0.6) is 0 Å². The van der Waals surface area contributed by atoms with Gasteiger partial charge in [-0.2, -0.15) is 0 Å². The number of halogens is 1. The lowest BCUT2D eigenvalue weighted by Gasteiger charge is -2.34. The van der Waals surface area contributed by atoms with Crippen LogP contribution in [0.3, 0.4) is 0 Å². The number of aryl methyl sites for hydroxylation is 1. The van der Waals surface area contributed by atoms with Crippen molar-refractivity contribution in [2.45, 2.75) is 76.9 Å². The third-order valence-electron chi connectivity index (χ3n) is 8.00. The van der Waals surface area contributed by atoms with Crippen molar-refractivity contribution in [3.63, 3.8) is 0 Å². The van der Waals surface area contributed by atoms with Crippen molar-refractivity contribution in [3.8, 4) is 0 Å². The highest BCUT2D eigenvalue weighted by atomic mass is 35.5. The molecule has 0 bridgehead atoms. The predicted octanol–water partition coefficient (Wildman–Crippen LogP) is 6.28. The summed E-state index contributed by atoms with van der Waals surface area (Å²) in [7, 11) is -3.56. The molecule has 0 saturated heterocycles. The van der Waals surface area contributed by atoms with Crippen molar-refractivity contribution >= 4 is 39.1 Å². The lowest BCUT2D eigenvalue weighted by atomic mass is 9.94. The minimum atomic E-state index is -3.56. The first-order valence-electron chi connectivity index (χ1n) is 15.0. The van der Waals surface area contributed by atoms with Gasteiger partial charge in [-0.05, 0) is 55.5 Å². The first-order valence-corrected chi connectivity index (χ1v) is 17.3. The molecule has 0 radical (unpaired) electrons. The second-order valence-corrected chi connectivity index (χ2v) is 13.8. The maximum atomic E-state index is 14.0. The van der Waals surface area contributed by atoms with Crippen molar-refractivity contribution < 1.29 is 18.0 Å². The van der Waals surface area contributed by atoms with E-state index < -0.39 is 16.1 Å². The monoisotopic (exact) mass is 623 g/mol. The Morgan fingerprint density at radius 1 is 0.930 bits per heavy atom. The van der Waals surface area contributed by atoms with Gasteiger partial charge in [0.05, 0.1) is 11.9 Å². The highest BCUT2D eigenvalue weighted by Crippen LogP contribution is 2.24. The lowest BCUT2D eigenvalue weighted by Crippen LogP contribution is -2.53. The fourth-order valence-corrected chi connectivity index (χ4v) is 6.78. The van der Waals surface area contributed by atoms with E-state index in [1.807, 2.05) is 67.6 Å². The Labute approximate surface area is 261 Å². The normalized spacial score (nSPS) is 14.6. The molecule has 1 saturated carbocycles. The van der Waals surface area contributed by atoms with Crippen LogP contribution in [0.25, 0.3) is 0 Å². The Hall–Kier alpha value is -3.36. The van der Waals surface area contributed by atoms with Crippen LogP contribution in [-0.4, -0.2) is 50.0 Å². The van der Waals surface area contributed by atoms with Crippen molar-refractivity contribution in [2.75, 3.05) is 17.1 Å². The molecule has 3 aromatic carbocycles. The minimum Gasteiger partial charge on any atom is -0.352 e. The molecule has 2 amide bonds. The summed E-state index contributed by atoms with van der Waals surface area (Å²) >= 11 is 6.54. The maximum Gasteiger partial charge on any atom is 0.243 e. The standard InChI is InChI=1S/C34H42ClN3O4S/c1-26-19-21-30(22-20-26)38(43(2,41)42)23-11-18-33(39)37(25-28-14-9-10-17-31(28)35)32(24-27-12-5-3-6-13-27)34(40)36-29-15-7-4-8-16-29/h3,5-6,9-10,12-14,17,19-22,29,32H,4,7-8,11,15-16,18,23-25H2,1-2H3,(H,36,40)/t32-/m1/s1. The zero-order chi connectivity index (χ0) is 30.8. The van der Waals surface area contributed by atoms with Gasteiger partial charge in [-0.15, -0.1) is 0 Å². The first-order chi connectivity index (χ1) is 20.6. The largest absolute Gasteiger partial charge is 0.352 e. The number of amides is 2. The first kappa shape index (κ1) is 32.6. The number of benzene rings is 3. The van der Waals surface area contributed by atoms with E-state index in [4.69, 9.17) is 11.6 Å². The van der Waals surface area contributed by atoms with Crippen LogP contribution in [0.2, 0.25) is 5.02 Å². The summed E-state index contributed by atoms with van der Waals surface area (Å²) < 4.78 is 26.6. The van der Waals surface area contributed by atoms with E-state index in [1.165, 1.54) is 17.0 Å². The van der Waals surface area contributed by atoms with E-state index in [-0.39, 0.29) is 37.4 Å². The Morgan fingerprint density at radius 3 is 2.23 bits per heavy atom. The Kier molecular flexibility index (Phi) is 11.7. The molecule has 7 nitrogen and oxygen atoms in total. The van der Waals surface area contributed by atoms with Gasteiger partial charge in [0, 0.05) is 37.0 Å². The number of carbonyl (C=O) groups excluding carboxylic acids is 2. The van der Waals surface area contributed by atoms with Gasteiger partial charge in [0.1, 0.15) is 6.04 Å². The molecule has 3 aromatic rings. The van der Waals surface area contributed by atoms with Gasteiger partial charge in [0.15, 0.2) is 0 Å². The highest BCUT2D eigenvalue weighted by Gasteiger charge is 2.32. The molecular formula is C34H42ClN3O4S. The number of anilines is 1. The Morgan fingerprint density at radius 2 is 1.58 bits per heavy atom. The van der Waals surface area contributed by atoms with E-state index >= 15 is 0 Å². The van der Waals surface area contributed by atoms with Crippen molar-refractivity contribution in [2.24, 2.45) is 0 Å². The molecule has 43 heavy (non-hydrogen) atoms. The molecule has 4 rings (SSSR count). The van der Waals surface area contributed by atoms with Crippen LogP contribution in [0.1, 0.15) is 61.6 Å². The van der Waals surface area contributed by atoms with Gasteiger partial charge in [-0.3, -0.25) is 13.9 Å². The smallest absolute Gasteiger partial charge is 0.243 e. The number of sulfonamides is 1. The summed E-state index contributed by atoms with van der Waals surface area (Å²) in [6.07, 6.45) is 7.09. The number of nitrogens with one attached hydrogen (secondary N) is 1. The van der Waals surface area contributed by atoms with Crippen LogP contribution in [-0.2, 0) is 32.6 Å². The van der Waals surface area contributed by atoms with E-state index in [2.05, 4.69) is 5.32 Å². The maximum absolute atomic E-state index is 14.0. The van der Waals surface area contributed by atoms with Crippen LogP contribution < -0.4 is 9.62 Å². The summed E-state index contributed by atoms with van der Waals surface area (Å²) in [6, 6.07) is 23.7. The third-order valence-corrected chi connectivity index (χ3v) is 9.56. The zero-order valence-corrected chi connectivity index (χ0v) is 26.6. The SMILES string of the molecule is Cc1ccc(N(CCCC(=O)N(Cc2ccccc2Cl)[C@H](Cc2ccccc2)C(=O)NC2CCCCC2)S(C)(=O)=O)cc1. The van der Waals surface area contributed by atoms with Crippen LogP contribution in [0.15, 0.2) is 78.9 Å². The zero-order valence-electron chi connectivity index (χ0n) is 25.0. The number of hydrogen-bond donors (Lipinski definition) is 1. The second-order valence-electron chi connectivity index (χ2n) is 11.4. The van der Waals surface area contributed by atoms with Gasteiger partial charge in [-0.1, -0.05) is 97.1 Å². The van der Waals surface area contributed by atoms with E-state index in [0.29, 0.717) is 23.6 Å². The van der Waals surface area contributed by atoms with Gasteiger partial charge in [0.25, 0.3) is 0 Å². The Bertz CT molecular complexity index is 1460. The van der Waals surface area contributed by atoms with Crippen LogP contribution in [0, 0.1) is 6.92 Å². The van der Waals surface area contributed by atoms with Gasteiger partial charge in [-0.25, -0.2) is 8.42 Å². The average Bonchev–Trinajstić information content (AvgIpc) is 2.99. The van der Waals surface area contributed by atoms with Crippen LogP contribution >= 0.6 is 11.6 Å². The molecular weight excluding hydrogens is 582 g/mol. The molecule has 1 fully saturated rings. The number of carbonyl (C=O) groups is 2. The molecule has 9 heteroatoms. The quantitative estimate of drug-likeness (QED) is 0.243. The molecule has 1 N–H and O–H groups in total. The van der Waals surface area contributed by atoms with Gasteiger partial charge < -0.3 is 10.2 Å². The topological polar surface area (TPSA) is 86.8 Å². The van der Waals surface area contributed by atoms with Crippen molar-refractivity contribution in [3.05, 3.63) is 101 Å². The highest BCUT2D eigenvalue weighted by molar-refractivity contribution is 7.92. The molecule has 0 aliphatic heterocycles. The summed E-state index contributed by atoms with van der Waals surface area (Å²) in [4.78, 5) is 29.6.